The van der Waals surface area contributed by atoms with Crippen molar-refractivity contribution in [3.63, 3.8) is 0 Å². The van der Waals surface area contributed by atoms with Gasteiger partial charge in [-0.25, -0.2) is 4.98 Å². The van der Waals surface area contributed by atoms with Crippen molar-refractivity contribution in [2.75, 3.05) is 5.73 Å². The van der Waals surface area contributed by atoms with Crippen LogP contribution in [0, 0.1) is 13.8 Å². The van der Waals surface area contributed by atoms with Crippen LogP contribution in [0.25, 0.3) is 0 Å². The SMILES string of the molecule is Cc1ccc(Oc2ncc(Br)cc2N)cc1C. The van der Waals surface area contributed by atoms with Gasteiger partial charge in [-0.3, -0.25) is 0 Å². The summed E-state index contributed by atoms with van der Waals surface area (Å²) in [6.45, 7) is 4.10. The molecule has 1 heterocycles. The molecular formula is C13H13BrN2O. The van der Waals surface area contributed by atoms with E-state index in [4.69, 9.17) is 10.5 Å². The first-order valence-corrected chi connectivity index (χ1v) is 6.01. The highest BCUT2D eigenvalue weighted by atomic mass is 79.9. The topological polar surface area (TPSA) is 48.1 Å². The number of anilines is 1. The van der Waals surface area contributed by atoms with Crippen LogP contribution < -0.4 is 10.5 Å². The normalized spacial score (nSPS) is 10.3. The summed E-state index contributed by atoms with van der Waals surface area (Å²) >= 11 is 3.30. The van der Waals surface area contributed by atoms with E-state index < -0.39 is 0 Å². The second-order valence-corrected chi connectivity index (χ2v) is 4.81. The number of hydrogen-bond acceptors (Lipinski definition) is 3. The molecular weight excluding hydrogens is 280 g/mol. The van der Waals surface area contributed by atoms with E-state index in [1.54, 1.807) is 12.3 Å². The van der Waals surface area contributed by atoms with Gasteiger partial charge in [-0.1, -0.05) is 6.07 Å². The van der Waals surface area contributed by atoms with Crippen molar-refractivity contribution in [3.05, 3.63) is 46.1 Å². The molecule has 0 bridgehead atoms. The van der Waals surface area contributed by atoms with Crippen molar-refractivity contribution in [2.24, 2.45) is 0 Å². The number of nitrogens with zero attached hydrogens (tertiary/aromatic N) is 1. The van der Waals surface area contributed by atoms with Gasteiger partial charge in [-0.05, 0) is 59.1 Å². The minimum atomic E-state index is 0.427. The summed E-state index contributed by atoms with van der Waals surface area (Å²) in [4.78, 5) is 4.13. The molecule has 0 saturated carbocycles. The van der Waals surface area contributed by atoms with Crippen LogP contribution in [0.15, 0.2) is 34.9 Å². The first kappa shape index (κ1) is 11.9. The lowest BCUT2D eigenvalue weighted by Crippen LogP contribution is -1.95. The van der Waals surface area contributed by atoms with Gasteiger partial charge in [0.1, 0.15) is 5.75 Å². The Hall–Kier alpha value is -1.55. The molecule has 2 rings (SSSR count). The molecule has 3 nitrogen and oxygen atoms in total. The molecule has 17 heavy (non-hydrogen) atoms. The number of rotatable bonds is 2. The van der Waals surface area contributed by atoms with E-state index >= 15 is 0 Å². The Morgan fingerprint density at radius 2 is 1.94 bits per heavy atom. The van der Waals surface area contributed by atoms with Crippen molar-refractivity contribution in [1.29, 1.82) is 0 Å². The van der Waals surface area contributed by atoms with Gasteiger partial charge in [0.2, 0.25) is 5.88 Å². The third-order valence-electron chi connectivity index (χ3n) is 2.54. The lowest BCUT2D eigenvalue weighted by atomic mass is 10.1. The highest BCUT2D eigenvalue weighted by Crippen LogP contribution is 2.28. The Balaban J connectivity index is 2.28. The predicted molar refractivity (Wildman–Crippen MR) is 72.3 cm³/mol. The molecule has 1 aromatic carbocycles. The van der Waals surface area contributed by atoms with E-state index in [1.807, 2.05) is 25.1 Å². The summed E-state index contributed by atoms with van der Waals surface area (Å²) in [5, 5.41) is 0. The average Bonchev–Trinajstić information content (AvgIpc) is 2.27. The fourth-order valence-electron chi connectivity index (χ4n) is 1.42. The van der Waals surface area contributed by atoms with E-state index in [-0.39, 0.29) is 0 Å². The smallest absolute Gasteiger partial charge is 0.242 e. The van der Waals surface area contributed by atoms with E-state index in [0.29, 0.717) is 11.6 Å². The van der Waals surface area contributed by atoms with Crippen molar-refractivity contribution in [3.8, 4) is 11.6 Å². The Kier molecular flexibility index (Phi) is 3.33. The van der Waals surface area contributed by atoms with Crippen molar-refractivity contribution >= 4 is 21.6 Å². The molecule has 1 aromatic heterocycles. The summed E-state index contributed by atoms with van der Waals surface area (Å²) in [7, 11) is 0. The number of nitrogen functional groups attached to an aromatic ring is 1. The molecule has 0 aliphatic rings. The van der Waals surface area contributed by atoms with E-state index in [9.17, 15) is 0 Å². The Labute approximate surface area is 109 Å². The van der Waals surface area contributed by atoms with Crippen LogP contribution in [-0.2, 0) is 0 Å². The summed E-state index contributed by atoms with van der Waals surface area (Å²) in [6, 6.07) is 7.66. The van der Waals surface area contributed by atoms with Crippen LogP contribution in [0.4, 0.5) is 5.69 Å². The lowest BCUT2D eigenvalue weighted by molar-refractivity contribution is 0.465. The summed E-state index contributed by atoms with van der Waals surface area (Å²) in [5.41, 5.74) is 8.74. The number of hydrogen-bond donors (Lipinski definition) is 1. The minimum absolute atomic E-state index is 0.427. The number of ether oxygens (including phenoxy) is 1. The second-order valence-electron chi connectivity index (χ2n) is 3.90. The number of benzene rings is 1. The summed E-state index contributed by atoms with van der Waals surface area (Å²) in [6.07, 6.45) is 1.66. The number of nitrogens with two attached hydrogens (primary N) is 1. The molecule has 0 fully saturated rings. The molecule has 4 heteroatoms. The van der Waals surface area contributed by atoms with Crippen LogP contribution in [0.3, 0.4) is 0 Å². The monoisotopic (exact) mass is 292 g/mol. The lowest BCUT2D eigenvalue weighted by Gasteiger charge is -2.09. The Bertz CT molecular complexity index is 555. The fraction of sp³-hybridized carbons (Fsp3) is 0.154. The van der Waals surface area contributed by atoms with Crippen molar-refractivity contribution in [1.82, 2.24) is 4.98 Å². The third-order valence-corrected chi connectivity index (χ3v) is 2.97. The van der Waals surface area contributed by atoms with E-state index in [2.05, 4.69) is 27.8 Å². The standard InChI is InChI=1S/C13H13BrN2O/c1-8-3-4-11(5-9(8)2)17-13-12(15)6-10(14)7-16-13/h3-7H,15H2,1-2H3. The summed E-state index contributed by atoms with van der Waals surface area (Å²) < 4.78 is 6.48. The van der Waals surface area contributed by atoms with E-state index in [0.717, 1.165) is 10.2 Å². The fourth-order valence-corrected chi connectivity index (χ4v) is 1.77. The van der Waals surface area contributed by atoms with Gasteiger partial charge in [0.25, 0.3) is 0 Å². The highest BCUT2D eigenvalue weighted by molar-refractivity contribution is 9.10. The van der Waals surface area contributed by atoms with Gasteiger partial charge >= 0.3 is 0 Å². The molecule has 2 N–H and O–H groups in total. The zero-order valence-electron chi connectivity index (χ0n) is 9.70. The molecule has 0 aliphatic carbocycles. The van der Waals surface area contributed by atoms with Crippen LogP contribution in [0.1, 0.15) is 11.1 Å². The predicted octanol–water partition coefficient (Wildman–Crippen LogP) is 3.84. The van der Waals surface area contributed by atoms with Gasteiger partial charge in [-0.15, -0.1) is 0 Å². The first-order valence-electron chi connectivity index (χ1n) is 5.22. The number of aromatic nitrogens is 1. The van der Waals surface area contributed by atoms with Gasteiger partial charge in [-0.2, -0.15) is 0 Å². The zero-order valence-corrected chi connectivity index (χ0v) is 11.3. The second kappa shape index (κ2) is 4.75. The molecule has 2 aromatic rings. The number of halogens is 1. The van der Waals surface area contributed by atoms with Crippen LogP contribution in [-0.4, -0.2) is 4.98 Å². The molecule has 0 spiro atoms. The maximum atomic E-state index is 5.82. The number of aryl methyl sites for hydroxylation is 2. The molecule has 0 amide bonds. The van der Waals surface area contributed by atoms with Crippen LogP contribution in [0.2, 0.25) is 0 Å². The van der Waals surface area contributed by atoms with Gasteiger partial charge in [0.05, 0.1) is 5.69 Å². The minimum Gasteiger partial charge on any atom is -0.437 e. The quantitative estimate of drug-likeness (QED) is 0.915. The number of pyridine rings is 1. The maximum absolute atomic E-state index is 5.82. The Morgan fingerprint density at radius 3 is 2.59 bits per heavy atom. The molecule has 88 valence electrons. The van der Waals surface area contributed by atoms with Gasteiger partial charge < -0.3 is 10.5 Å². The Morgan fingerprint density at radius 1 is 1.18 bits per heavy atom. The third kappa shape index (κ3) is 2.77. The first-order chi connectivity index (χ1) is 8.06. The van der Waals surface area contributed by atoms with Crippen LogP contribution >= 0.6 is 15.9 Å². The maximum Gasteiger partial charge on any atom is 0.242 e. The molecule has 0 atom stereocenters. The molecule has 0 aliphatic heterocycles. The molecule has 0 saturated heterocycles. The van der Waals surface area contributed by atoms with Crippen molar-refractivity contribution in [2.45, 2.75) is 13.8 Å². The van der Waals surface area contributed by atoms with E-state index in [1.165, 1.54) is 11.1 Å². The average molecular weight is 293 g/mol. The van der Waals surface area contributed by atoms with Crippen molar-refractivity contribution < 1.29 is 4.74 Å². The van der Waals surface area contributed by atoms with Gasteiger partial charge in [0, 0.05) is 10.7 Å². The molecule has 0 radical (unpaired) electrons. The van der Waals surface area contributed by atoms with Gasteiger partial charge in [0.15, 0.2) is 0 Å². The summed E-state index contributed by atoms with van der Waals surface area (Å²) in [5.74, 6) is 1.17. The molecule has 0 unspecified atom stereocenters. The van der Waals surface area contributed by atoms with Crippen LogP contribution in [0.5, 0.6) is 11.6 Å². The largest absolute Gasteiger partial charge is 0.437 e. The zero-order chi connectivity index (χ0) is 12.4. The highest BCUT2D eigenvalue weighted by Gasteiger charge is 2.05.